The summed E-state index contributed by atoms with van der Waals surface area (Å²) in [6.07, 6.45) is 0.167. The summed E-state index contributed by atoms with van der Waals surface area (Å²) < 4.78 is 11.0. The van der Waals surface area contributed by atoms with Crippen LogP contribution in [-0.2, 0) is 6.54 Å². The van der Waals surface area contributed by atoms with E-state index in [0.717, 1.165) is 23.6 Å². The van der Waals surface area contributed by atoms with Gasteiger partial charge in [-0.3, -0.25) is 0 Å². The predicted molar refractivity (Wildman–Crippen MR) is 70.7 cm³/mol. The molecule has 0 radical (unpaired) electrons. The van der Waals surface area contributed by atoms with Gasteiger partial charge in [-0.25, -0.2) is 0 Å². The molecular weight excluding hydrogens is 214 g/mol. The van der Waals surface area contributed by atoms with Gasteiger partial charge in [0.05, 0.1) is 13.2 Å². The van der Waals surface area contributed by atoms with Crippen LogP contribution in [0, 0.1) is 0 Å². The maximum Gasteiger partial charge on any atom is 0.127 e. The van der Waals surface area contributed by atoms with E-state index in [1.165, 1.54) is 0 Å². The van der Waals surface area contributed by atoms with Crippen LogP contribution in [0.15, 0.2) is 18.2 Å². The normalized spacial score (nSPS) is 11.0. The molecular formula is C14H23NO2. The molecule has 1 aromatic rings. The third kappa shape index (κ3) is 4.65. The van der Waals surface area contributed by atoms with E-state index in [1.807, 2.05) is 32.0 Å². The van der Waals surface area contributed by atoms with E-state index in [9.17, 15) is 0 Å². The maximum atomic E-state index is 5.80. The van der Waals surface area contributed by atoms with Crippen molar-refractivity contribution in [3.63, 3.8) is 0 Å². The molecule has 0 aliphatic heterocycles. The van der Waals surface area contributed by atoms with Crippen LogP contribution >= 0.6 is 0 Å². The van der Waals surface area contributed by atoms with E-state index < -0.39 is 0 Å². The average Bonchev–Trinajstić information content (AvgIpc) is 2.26. The molecule has 0 atom stereocenters. The van der Waals surface area contributed by atoms with Crippen LogP contribution in [0.2, 0.25) is 0 Å². The van der Waals surface area contributed by atoms with E-state index in [2.05, 4.69) is 19.2 Å². The lowest BCUT2D eigenvalue weighted by atomic mass is 10.1. The lowest BCUT2D eigenvalue weighted by Crippen LogP contribution is -2.22. The van der Waals surface area contributed by atoms with Gasteiger partial charge in [0.25, 0.3) is 0 Å². The highest BCUT2D eigenvalue weighted by Gasteiger charge is 2.08. The van der Waals surface area contributed by atoms with Crippen molar-refractivity contribution in [1.29, 1.82) is 0 Å². The van der Waals surface area contributed by atoms with Gasteiger partial charge in [0.1, 0.15) is 11.5 Å². The summed E-state index contributed by atoms with van der Waals surface area (Å²) in [6.45, 7) is 9.13. The van der Waals surface area contributed by atoms with Crippen molar-refractivity contribution in [1.82, 2.24) is 5.32 Å². The monoisotopic (exact) mass is 237 g/mol. The van der Waals surface area contributed by atoms with Crippen LogP contribution in [0.25, 0.3) is 0 Å². The van der Waals surface area contributed by atoms with Gasteiger partial charge in [-0.2, -0.15) is 0 Å². The molecule has 0 aromatic heterocycles. The minimum Gasteiger partial charge on any atom is -0.497 e. The van der Waals surface area contributed by atoms with Gasteiger partial charge in [-0.05, 0) is 19.9 Å². The predicted octanol–water partition coefficient (Wildman–Crippen LogP) is 2.98. The van der Waals surface area contributed by atoms with Gasteiger partial charge >= 0.3 is 0 Å². The first-order chi connectivity index (χ1) is 8.02. The van der Waals surface area contributed by atoms with Crippen LogP contribution in [0.5, 0.6) is 11.5 Å². The van der Waals surface area contributed by atoms with Gasteiger partial charge in [0.15, 0.2) is 0 Å². The Labute approximate surface area is 104 Å². The van der Waals surface area contributed by atoms with Crippen LogP contribution < -0.4 is 14.8 Å². The Morgan fingerprint density at radius 1 is 1.18 bits per heavy atom. The molecule has 0 saturated carbocycles. The SMILES string of the molecule is COc1ccc(CNC(C)C)c(OC(C)C)c1. The number of rotatable bonds is 6. The second-order valence-corrected chi connectivity index (χ2v) is 4.68. The number of benzene rings is 1. The molecule has 0 heterocycles. The molecule has 0 unspecified atom stereocenters. The highest BCUT2D eigenvalue weighted by Crippen LogP contribution is 2.25. The molecule has 1 aromatic carbocycles. The first kappa shape index (κ1) is 13.8. The molecule has 0 aliphatic carbocycles. The Morgan fingerprint density at radius 3 is 2.41 bits per heavy atom. The van der Waals surface area contributed by atoms with E-state index in [1.54, 1.807) is 7.11 Å². The molecule has 1 N–H and O–H groups in total. The second-order valence-electron chi connectivity index (χ2n) is 4.68. The fourth-order valence-corrected chi connectivity index (χ4v) is 1.49. The standard InChI is InChI=1S/C14H23NO2/c1-10(2)15-9-12-6-7-13(16-5)8-14(12)17-11(3)4/h6-8,10-11,15H,9H2,1-5H3. The smallest absolute Gasteiger partial charge is 0.127 e. The summed E-state index contributed by atoms with van der Waals surface area (Å²) in [5, 5.41) is 3.39. The quantitative estimate of drug-likeness (QED) is 0.825. The van der Waals surface area contributed by atoms with Crippen molar-refractivity contribution in [3.8, 4) is 11.5 Å². The van der Waals surface area contributed by atoms with Crippen LogP contribution in [0.1, 0.15) is 33.3 Å². The van der Waals surface area contributed by atoms with Crippen molar-refractivity contribution in [2.24, 2.45) is 0 Å². The van der Waals surface area contributed by atoms with Gasteiger partial charge in [0, 0.05) is 24.2 Å². The summed E-state index contributed by atoms with van der Waals surface area (Å²) in [6, 6.07) is 6.41. The zero-order valence-corrected chi connectivity index (χ0v) is 11.4. The number of hydrogen-bond donors (Lipinski definition) is 1. The topological polar surface area (TPSA) is 30.5 Å². The summed E-state index contributed by atoms with van der Waals surface area (Å²) in [5.74, 6) is 1.72. The lowest BCUT2D eigenvalue weighted by Gasteiger charge is -2.16. The first-order valence-corrected chi connectivity index (χ1v) is 6.10. The van der Waals surface area contributed by atoms with E-state index in [-0.39, 0.29) is 6.10 Å². The van der Waals surface area contributed by atoms with Crippen molar-refractivity contribution >= 4 is 0 Å². The average molecular weight is 237 g/mol. The Balaban J connectivity index is 2.85. The van der Waals surface area contributed by atoms with Crippen LogP contribution in [0.3, 0.4) is 0 Å². The molecule has 0 aliphatic rings. The Hall–Kier alpha value is -1.22. The number of hydrogen-bond acceptors (Lipinski definition) is 3. The zero-order valence-electron chi connectivity index (χ0n) is 11.4. The molecule has 96 valence electrons. The van der Waals surface area contributed by atoms with Crippen LogP contribution in [-0.4, -0.2) is 19.3 Å². The van der Waals surface area contributed by atoms with Gasteiger partial charge in [-0.1, -0.05) is 19.9 Å². The minimum atomic E-state index is 0.167. The number of methoxy groups -OCH3 is 1. The third-order valence-electron chi connectivity index (χ3n) is 2.34. The molecule has 0 bridgehead atoms. The summed E-state index contributed by atoms with van der Waals surface area (Å²) >= 11 is 0. The molecule has 0 saturated heterocycles. The Kier molecular flexibility index (Phi) is 5.29. The van der Waals surface area contributed by atoms with Crippen molar-refractivity contribution in [2.45, 2.75) is 46.4 Å². The molecule has 3 nitrogen and oxygen atoms in total. The molecule has 1 rings (SSSR count). The summed E-state index contributed by atoms with van der Waals surface area (Å²) in [7, 11) is 1.67. The van der Waals surface area contributed by atoms with Crippen molar-refractivity contribution in [3.05, 3.63) is 23.8 Å². The zero-order chi connectivity index (χ0) is 12.8. The van der Waals surface area contributed by atoms with Gasteiger partial charge < -0.3 is 14.8 Å². The van der Waals surface area contributed by atoms with Crippen molar-refractivity contribution in [2.75, 3.05) is 7.11 Å². The molecule has 3 heteroatoms. The fraction of sp³-hybridized carbons (Fsp3) is 0.571. The van der Waals surface area contributed by atoms with Crippen molar-refractivity contribution < 1.29 is 9.47 Å². The molecule has 17 heavy (non-hydrogen) atoms. The number of ether oxygens (including phenoxy) is 2. The van der Waals surface area contributed by atoms with E-state index in [4.69, 9.17) is 9.47 Å². The Bertz CT molecular complexity index is 348. The van der Waals surface area contributed by atoms with E-state index in [0.29, 0.717) is 6.04 Å². The lowest BCUT2D eigenvalue weighted by molar-refractivity contribution is 0.238. The Morgan fingerprint density at radius 2 is 1.88 bits per heavy atom. The molecule has 0 fully saturated rings. The summed E-state index contributed by atoms with van der Waals surface area (Å²) in [4.78, 5) is 0. The highest BCUT2D eigenvalue weighted by atomic mass is 16.5. The second kappa shape index (κ2) is 6.50. The van der Waals surface area contributed by atoms with Gasteiger partial charge in [0.2, 0.25) is 0 Å². The minimum absolute atomic E-state index is 0.167. The van der Waals surface area contributed by atoms with E-state index >= 15 is 0 Å². The fourth-order valence-electron chi connectivity index (χ4n) is 1.49. The first-order valence-electron chi connectivity index (χ1n) is 6.10. The maximum absolute atomic E-state index is 5.80. The molecule has 0 amide bonds. The van der Waals surface area contributed by atoms with Gasteiger partial charge in [-0.15, -0.1) is 0 Å². The molecule has 0 spiro atoms. The highest BCUT2D eigenvalue weighted by molar-refractivity contribution is 5.40. The number of nitrogens with one attached hydrogen (secondary N) is 1. The summed E-state index contributed by atoms with van der Waals surface area (Å²) in [5.41, 5.74) is 1.16. The van der Waals surface area contributed by atoms with Crippen LogP contribution in [0.4, 0.5) is 0 Å². The largest absolute Gasteiger partial charge is 0.497 e. The third-order valence-corrected chi connectivity index (χ3v) is 2.34.